The molecule has 1 N–H and O–H groups in total. The summed E-state index contributed by atoms with van der Waals surface area (Å²) in [5.74, 6) is 0.693. The molecule has 0 atom stereocenters. The first kappa shape index (κ1) is 12.0. The van der Waals surface area contributed by atoms with Gasteiger partial charge in [0.05, 0.1) is 15.5 Å². The zero-order valence-electron chi connectivity index (χ0n) is 10.2. The third-order valence-electron chi connectivity index (χ3n) is 2.99. The maximum Gasteiger partial charge on any atom is 0.206 e. The van der Waals surface area contributed by atoms with Crippen LogP contribution in [0.2, 0.25) is 0 Å². The summed E-state index contributed by atoms with van der Waals surface area (Å²) in [4.78, 5) is 0.571. The molecule has 0 spiro atoms. The fourth-order valence-electron chi connectivity index (χ4n) is 2.02. The number of fused-ring (bicyclic) bond motifs is 1. The highest BCUT2D eigenvalue weighted by Crippen LogP contribution is 2.31. The molecule has 0 radical (unpaired) electrons. The van der Waals surface area contributed by atoms with Gasteiger partial charge in [-0.25, -0.2) is 8.42 Å². The number of ether oxygens (including phenoxy) is 1. The van der Waals surface area contributed by atoms with Crippen LogP contribution in [0.3, 0.4) is 0 Å². The molecule has 5 heteroatoms. The van der Waals surface area contributed by atoms with E-state index in [1.54, 1.807) is 48.5 Å². The van der Waals surface area contributed by atoms with Gasteiger partial charge in [-0.2, -0.15) is 0 Å². The molecule has 100 valence electrons. The van der Waals surface area contributed by atoms with Crippen molar-refractivity contribution in [2.75, 3.05) is 18.5 Å². The zero-order chi connectivity index (χ0) is 13.3. The normalized spacial score (nSPS) is 14.1. The number of nitrogens with one attached hydrogen (secondary N) is 1. The van der Waals surface area contributed by atoms with Crippen molar-refractivity contribution >= 4 is 15.5 Å². The molecule has 0 amide bonds. The van der Waals surface area contributed by atoms with Gasteiger partial charge in [0, 0.05) is 7.97 Å². The second-order valence-corrected chi connectivity index (χ2v) is 6.20. The Balaban J connectivity index is 0.00000147. The van der Waals surface area contributed by atoms with Gasteiger partial charge < -0.3 is 10.1 Å². The summed E-state index contributed by atoms with van der Waals surface area (Å²) in [5.41, 5.74) is 0.725. The van der Waals surface area contributed by atoms with Crippen LogP contribution < -0.4 is 10.1 Å². The number of hydrogen-bond acceptors (Lipinski definition) is 4. The predicted octanol–water partition coefficient (Wildman–Crippen LogP) is 2.57. The maximum absolute atomic E-state index is 12.5. The SMILES string of the molecule is O=S(=O)(c1ccccc1)c1ccc2c(c1)NCCO2.[HH]. The first-order valence-electron chi connectivity index (χ1n) is 5.99. The molecule has 1 heterocycles. The Morgan fingerprint density at radius 2 is 1.84 bits per heavy atom. The van der Waals surface area contributed by atoms with Gasteiger partial charge >= 0.3 is 0 Å². The van der Waals surface area contributed by atoms with E-state index in [-0.39, 0.29) is 6.32 Å². The molecule has 1 aliphatic rings. The lowest BCUT2D eigenvalue weighted by atomic mass is 10.2. The summed E-state index contributed by atoms with van der Waals surface area (Å²) < 4.78 is 30.3. The minimum atomic E-state index is -3.47. The van der Waals surface area contributed by atoms with Gasteiger partial charge in [-0.1, -0.05) is 18.2 Å². The lowest BCUT2D eigenvalue weighted by Gasteiger charge is -2.19. The first-order valence-corrected chi connectivity index (χ1v) is 7.47. The minimum absolute atomic E-state index is 0. The Hall–Kier alpha value is -2.01. The molecule has 2 aromatic carbocycles. The van der Waals surface area contributed by atoms with Crippen LogP contribution in [0, 0.1) is 0 Å². The molecule has 3 rings (SSSR count). The highest BCUT2D eigenvalue weighted by molar-refractivity contribution is 7.91. The Morgan fingerprint density at radius 3 is 2.63 bits per heavy atom. The van der Waals surface area contributed by atoms with Crippen LogP contribution >= 0.6 is 0 Å². The molecule has 0 aromatic heterocycles. The van der Waals surface area contributed by atoms with E-state index in [4.69, 9.17) is 4.74 Å². The standard InChI is InChI=1S/C14H13NO3S.H2/c16-19(17,11-4-2-1-3-5-11)12-6-7-14-13(10-12)15-8-9-18-14;/h1-7,10,15H,8-9H2;1H. The van der Waals surface area contributed by atoms with Gasteiger partial charge in [0.25, 0.3) is 0 Å². The van der Waals surface area contributed by atoms with Crippen molar-refractivity contribution in [3.8, 4) is 5.75 Å². The molecule has 4 nitrogen and oxygen atoms in total. The summed E-state index contributed by atoms with van der Waals surface area (Å²) in [5, 5.41) is 3.14. The first-order chi connectivity index (χ1) is 9.18. The van der Waals surface area contributed by atoms with Crippen LogP contribution in [0.15, 0.2) is 58.3 Å². The van der Waals surface area contributed by atoms with E-state index in [1.807, 2.05) is 0 Å². The smallest absolute Gasteiger partial charge is 0.206 e. The fourth-order valence-corrected chi connectivity index (χ4v) is 3.33. The van der Waals surface area contributed by atoms with Crippen LogP contribution in [0.25, 0.3) is 0 Å². The van der Waals surface area contributed by atoms with Crippen LogP contribution in [0.5, 0.6) is 5.75 Å². The fraction of sp³-hybridized carbons (Fsp3) is 0.143. The van der Waals surface area contributed by atoms with Crippen LogP contribution in [0.1, 0.15) is 1.43 Å². The molecule has 2 aromatic rings. The zero-order valence-corrected chi connectivity index (χ0v) is 11.0. The summed E-state index contributed by atoms with van der Waals surface area (Å²) in [6, 6.07) is 13.3. The molecule has 0 fully saturated rings. The average Bonchev–Trinajstić information content (AvgIpc) is 2.47. The molecule has 0 unspecified atom stereocenters. The van der Waals surface area contributed by atoms with Crippen molar-refractivity contribution in [3.63, 3.8) is 0 Å². The predicted molar refractivity (Wildman–Crippen MR) is 74.4 cm³/mol. The van der Waals surface area contributed by atoms with E-state index >= 15 is 0 Å². The van der Waals surface area contributed by atoms with E-state index in [2.05, 4.69) is 5.32 Å². The number of rotatable bonds is 2. The number of anilines is 1. The molecule has 0 aliphatic carbocycles. The van der Waals surface area contributed by atoms with Crippen molar-refractivity contribution in [1.82, 2.24) is 0 Å². The van der Waals surface area contributed by atoms with E-state index in [0.29, 0.717) is 23.8 Å². The molecular weight excluding hydrogens is 262 g/mol. The molecule has 19 heavy (non-hydrogen) atoms. The Morgan fingerprint density at radius 1 is 1.05 bits per heavy atom. The van der Waals surface area contributed by atoms with Crippen molar-refractivity contribution in [3.05, 3.63) is 48.5 Å². The molecule has 0 bridgehead atoms. The molecule has 0 saturated heterocycles. The van der Waals surface area contributed by atoms with Gasteiger partial charge in [0.15, 0.2) is 0 Å². The lowest BCUT2D eigenvalue weighted by molar-refractivity contribution is 0.323. The third-order valence-corrected chi connectivity index (χ3v) is 4.76. The molecular formula is C14H15NO3S. The van der Waals surface area contributed by atoms with Crippen molar-refractivity contribution in [2.45, 2.75) is 9.79 Å². The Kier molecular flexibility index (Phi) is 2.91. The number of hydrogen-bond donors (Lipinski definition) is 1. The molecule has 1 aliphatic heterocycles. The summed E-state index contributed by atoms with van der Waals surface area (Å²) in [6.45, 7) is 1.28. The summed E-state index contributed by atoms with van der Waals surface area (Å²) in [7, 11) is -3.47. The van der Waals surface area contributed by atoms with Crippen LogP contribution in [-0.4, -0.2) is 21.6 Å². The van der Waals surface area contributed by atoms with E-state index < -0.39 is 9.84 Å². The molecule has 0 saturated carbocycles. The van der Waals surface area contributed by atoms with Crippen LogP contribution in [0.4, 0.5) is 5.69 Å². The Bertz CT molecular complexity index is 702. The summed E-state index contributed by atoms with van der Waals surface area (Å²) >= 11 is 0. The Labute approximate surface area is 113 Å². The highest BCUT2D eigenvalue weighted by Gasteiger charge is 2.20. The second kappa shape index (κ2) is 4.59. The second-order valence-electron chi connectivity index (χ2n) is 4.25. The number of benzene rings is 2. The van der Waals surface area contributed by atoms with Gasteiger partial charge in [0.1, 0.15) is 12.4 Å². The minimum Gasteiger partial charge on any atom is -0.490 e. The van der Waals surface area contributed by atoms with Crippen LogP contribution in [-0.2, 0) is 9.84 Å². The van der Waals surface area contributed by atoms with Gasteiger partial charge in [-0.05, 0) is 30.3 Å². The van der Waals surface area contributed by atoms with E-state index in [1.165, 1.54) is 0 Å². The monoisotopic (exact) mass is 277 g/mol. The van der Waals surface area contributed by atoms with Gasteiger partial charge in [-0.15, -0.1) is 0 Å². The average molecular weight is 277 g/mol. The van der Waals surface area contributed by atoms with Crippen molar-refractivity contribution in [1.29, 1.82) is 0 Å². The van der Waals surface area contributed by atoms with Crippen molar-refractivity contribution < 1.29 is 14.6 Å². The lowest BCUT2D eigenvalue weighted by Crippen LogP contribution is -2.18. The quantitative estimate of drug-likeness (QED) is 0.916. The highest BCUT2D eigenvalue weighted by atomic mass is 32.2. The maximum atomic E-state index is 12.5. The largest absolute Gasteiger partial charge is 0.490 e. The van der Waals surface area contributed by atoms with E-state index in [9.17, 15) is 8.42 Å². The third kappa shape index (κ3) is 2.17. The van der Waals surface area contributed by atoms with Gasteiger partial charge in [0.2, 0.25) is 9.84 Å². The number of sulfone groups is 1. The topological polar surface area (TPSA) is 55.4 Å². The van der Waals surface area contributed by atoms with Crippen molar-refractivity contribution in [2.24, 2.45) is 0 Å². The van der Waals surface area contributed by atoms with Gasteiger partial charge in [-0.3, -0.25) is 0 Å². The van der Waals surface area contributed by atoms with E-state index in [0.717, 1.165) is 5.69 Å². The summed E-state index contributed by atoms with van der Waals surface area (Å²) in [6.07, 6.45) is 0.